The van der Waals surface area contributed by atoms with Crippen molar-refractivity contribution in [2.24, 2.45) is 0 Å². The predicted octanol–water partition coefficient (Wildman–Crippen LogP) is 2.14. The van der Waals surface area contributed by atoms with Crippen LogP contribution in [0.5, 0.6) is 0 Å². The van der Waals surface area contributed by atoms with Crippen molar-refractivity contribution in [2.45, 2.75) is 26.5 Å². The maximum Gasteiger partial charge on any atom is 0.340 e. The van der Waals surface area contributed by atoms with Crippen LogP contribution in [0.4, 0.5) is 0 Å². The lowest BCUT2D eigenvalue weighted by Crippen LogP contribution is -2.11. The fourth-order valence-electron chi connectivity index (χ4n) is 1.46. The van der Waals surface area contributed by atoms with Crippen LogP contribution < -0.4 is 0 Å². The van der Waals surface area contributed by atoms with Gasteiger partial charge in [0.15, 0.2) is 12.4 Å². The number of nitrogens with zero attached hydrogens (tertiary/aromatic N) is 5. The smallest absolute Gasteiger partial charge is 0.340 e. The molecule has 2 aromatic rings. The predicted molar refractivity (Wildman–Crippen MR) is 71.5 cm³/mol. The van der Waals surface area contributed by atoms with Crippen LogP contribution in [0.15, 0.2) is 12.3 Å². The Morgan fingerprint density at radius 1 is 1.45 bits per heavy atom. The van der Waals surface area contributed by atoms with Crippen molar-refractivity contribution in [2.75, 3.05) is 0 Å². The van der Waals surface area contributed by atoms with Crippen molar-refractivity contribution >= 4 is 29.2 Å². The number of hydrogen-bond acceptors (Lipinski definition) is 6. The summed E-state index contributed by atoms with van der Waals surface area (Å²) in [5.41, 5.74) is 0.217. The molecule has 0 amide bonds. The Labute approximate surface area is 124 Å². The lowest BCUT2D eigenvalue weighted by molar-refractivity contribution is 0.0456. The van der Waals surface area contributed by atoms with Gasteiger partial charge in [-0.25, -0.2) is 14.5 Å². The average molecular weight is 316 g/mol. The van der Waals surface area contributed by atoms with Crippen molar-refractivity contribution in [1.29, 1.82) is 0 Å². The van der Waals surface area contributed by atoms with E-state index in [0.717, 1.165) is 6.42 Å². The molecule has 20 heavy (non-hydrogen) atoms. The number of rotatable bonds is 5. The third-order valence-electron chi connectivity index (χ3n) is 2.41. The number of aromatic nitrogens is 5. The van der Waals surface area contributed by atoms with Crippen LogP contribution in [0.3, 0.4) is 0 Å². The monoisotopic (exact) mass is 315 g/mol. The van der Waals surface area contributed by atoms with Gasteiger partial charge < -0.3 is 4.74 Å². The van der Waals surface area contributed by atoms with E-state index < -0.39 is 5.97 Å². The summed E-state index contributed by atoms with van der Waals surface area (Å²) in [7, 11) is 0. The molecule has 2 rings (SSSR count). The number of carbonyl (C=O) groups is 1. The van der Waals surface area contributed by atoms with Gasteiger partial charge in [-0.15, -0.1) is 5.10 Å². The van der Waals surface area contributed by atoms with Gasteiger partial charge in [-0.3, -0.25) is 0 Å². The third kappa shape index (κ3) is 3.43. The minimum Gasteiger partial charge on any atom is -0.454 e. The van der Waals surface area contributed by atoms with Crippen molar-refractivity contribution in [1.82, 2.24) is 25.2 Å². The van der Waals surface area contributed by atoms with Crippen LogP contribution in [-0.4, -0.2) is 31.2 Å². The summed E-state index contributed by atoms with van der Waals surface area (Å²) in [5.74, 6) is -0.0877. The summed E-state index contributed by atoms with van der Waals surface area (Å²) >= 11 is 11.5. The summed E-state index contributed by atoms with van der Waals surface area (Å²) in [6.07, 6.45) is 2.17. The van der Waals surface area contributed by atoms with E-state index in [0.29, 0.717) is 12.4 Å². The van der Waals surface area contributed by atoms with E-state index in [1.807, 2.05) is 6.92 Å². The average Bonchev–Trinajstić information content (AvgIpc) is 2.87. The second-order valence-electron chi connectivity index (χ2n) is 3.89. The molecule has 0 aliphatic rings. The molecule has 0 aliphatic heterocycles. The Kier molecular flexibility index (Phi) is 4.86. The molecule has 0 bridgehead atoms. The van der Waals surface area contributed by atoms with E-state index in [2.05, 4.69) is 20.5 Å². The second-order valence-corrected chi connectivity index (χ2v) is 4.66. The Bertz CT molecular complexity index is 617. The van der Waals surface area contributed by atoms with Gasteiger partial charge in [-0.2, -0.15) is 0 Å². The number of aryl methyl sites for hydroxylation is 1. The molecule has 2 heterocycles. The zero-order valence-electron chi connectivity index (χ0n) is 10.6. The molecule has 0 saturated heterocycles. The molecule has 7 nitrogen and oxygen atoms in total. The van der Waals surface area contributed by atoms with Crippen LogP contribution in [0.25, 0.3) is 0 Å². The SMILES string of the molecule is CCCn1nnnc1COC(=O)c1cnc(Cl)c(Cl)c1. The molecule has 0 spiro atoms. The van der Waals surface area contributed by atoms with Gasteiger partial charge in [0.25, 0.3) is 0 Å². The quantitative estimate of drug-likeness (QED) is 0.621. The maximum absolute atomic E-state index is 11.8. The molecule has 0 unspecified atom stereocenters. The molecule has 2 aromatic heterocycles. The molecular formula is C11H11Cl2N5O2. The number of tetrazole rings is 1. The summed E-state index contributed by atoms with van der Waals surface area (Å²) in [6, 6.07) is 1.40. The first-order valence-corrected chi connectivity index (χ1v) is 6.60. The normalized spacial score (nSPS) is 10.6. The number of carbonyl (C=O) groups excluding carboxylic acids is 1. The molecule has 0 aromatic carbocycles. The number of hydrogen-bond donors (Lipinski definition) is 0. The van der Waals surface area contributed by atoms with Gasteiger partial charge >= 0.3 is 5.97 Å². The van der Waals surface area contributed by atoms with E-state index >= 15 is 0 Å². The van der Waals surface area contributed by atoms with E-state index in [-0.39, 0.29) is 22.3 Å². The summed E-state index contributed by atoms with van der Waals surface area (Å²) in [5, 5.41) is 11.5. The number of pyridine rings is 1. The number of ether oxygens (including phenoxy) is 1. The molecule has 0 fully saturated rings. The fourth-order valence-corrected chi connectivity index (χ4v) is 1.73. The largest absolute Gasteiger partial charge is 0.454 e. The molecular weight excluding hydrogens is 305 g/mol. The van der Waals surface area contributed by atoms with E-state index in [1.54, 1.807) is 4.68 Å². The molecule has 0 aliphatic carbocycles. The van der Waals surface area contributed by atoms with Crippen LogP contribution >= 0.6 is 23.2 Å². The van der Waals surface area contributed by atoms with E-state index in [9.17, 15) is 4.79 Å². The van der Waals surface area contributed by atoms with Gasteiger partial charge in [0.05, 0.1) is 10.6 Å². The topological polar surface area (TPSA) is 82.8 Å². The fraction of sp³-hybridized carbons (Fsp3) is 0.364. The Morgan fingerprint density at radius 3 is 2.95 bits per heavy atom. The van der Waals surface area contributed by atoms with Gasteiger partial charge in [0.1, 0.15) is 5.15 Å². The van der Waals surface area contributed by atoms with Crippen molar-refractivity contribution in [3.8, 4) is 0 Å². The highest BCUT2D eigenvalue weighted by atomic mass is 35.5. The molecule has 0 radical (unpaired) electrons. The summed E-state index contributed by atoms with van der Waals surface area (Å²) < 4.78 is 6.69. The van der Waals surface area contributed by atoms with Crippen molar-refractivity contribution in [3.05, 3.63) is 33.8 Å². The lowest BCUT2D eigenvalue weighted by Gasteiger charge is -2.05. The molecule has 9 heteroatoms. The zero-order valence-corrected chi connectivity index (χ0v) is 12.1. The first-order chi connectivity index (χ1) is 9.61. The van der Waals surface area contributed by atoms with Gasteiger partial charge in [0.2, 0.25) is 0 Å². The highest BCUT2D eigenvalue weighted by molar-refractivity contribution is 6.41. The number of esters is 1. The molecule has 106 valence electrons. The minimum absolute atomic E-state index is 0.0217. The van der Waals surface area contributed by atoms with Crippen LogP contribution in [0.1, 0.15) is 29.5 Å². The van der Waals surface area contributed by atoms with Gasteiger partial charge in [-0.05, 0) is 22.9 Å². The summed E-state index contributed by atoms with van der Waals surface area (Å²) in [4.78, 5) is 15.6. The molecule has 0 atom stereocenters. The van der Waals surface area contributed by atoms with E-state index in [1.165, 1.54) is 12.3 Å². The Morgan fingerprint density at radius 2 is 2.25 bits per heavy atom. The van der Waals surface area contributed by atoms with Crippen molar-refractivity contribution in [3.63, 3.8) is 0 Å². The Hall–Kier alpha value is -1.73. The third-order valence-corrected chi connectivity index (χ3v) is 3.09. The van der Waals surface area contributed by atoms with Crippen LogP contribution in [-0.2, 0) is 17.9 Å². The van der Waals surface area contributed by atoms with Gasteiger partial charge in [0, 0.05) is 12.7 Å². The lowest BCUT2D eigenvalue weighted by atomic mass is 10.3. The first-order valence-electron chi connectivity index (χ1n) is 5.85. The number of halogens is 2. The van der Waals surface area contributed by atoms with Crippen LogP contribution in [0, 0.1) is 0 Å². The second kappa shape index (κ2) is 6.62. The maximum atomic E-state index is 11.8. The Balaban J connectivity index is 2.01. The van der Waals surface area contributed by atoms with E-state index in [4.69, 9.17) is 27.9 Å². The first kappa shape index (κ1) is 14.7. The molecule has 0 N–H and O–H groups in total. The van der Waals surface area contributed by atoms with Crippen LogP contribution in [0.2, 0.25) is 10.2 Å². The van der Waals surface area contributed by atoms with Gasteiger partial charge in [-0.1, -0.05) is 30.1 Å². The molecule has 0 saturated carbocycles. The highest BCUT2D eigenvalue weighted by Gasteiger charge is 2.13. The zero-order chi connectivity index (χ0) is 14.5. The standard InChI is InChI=1S/C11H11Cl2N5O2/c1-2-3-18-9(15-16-17-18)6-20-11(19)7-4-8(12)10(13)14-5-7/h4-5H,2-3,6H2,1H3. The summed E-state index contributed by atoms with van der Waals surface area (Å²) in [6.45, 7) is 2.64. The minimum atomic E-state index is -0.567. The van der Waals surface area contributed by atoms with Crippen molar-refractivity contribution < 1.29 is 9.53 Å². The highest BCUT2D eigenvalue weighted by Crippen LogP contribution is 2.20.